The van der Waals surface area contributed by atoms with E-state index in [0.29, 0.717) is 13.1 Å². The third-order valence-corrected chi connectivity index (χ3v) is 6.12. The molecule has 0 aliphatic heterocycles. The van der Waals surface area contributed by atoms with Gasteiger partial charge in [0.25, 0.3) is 10.1 Å². The van der Waals surface area contributed by atoms with Crippen molar-refractivity contribution in [2.24, 2.45) is 0 Å². The predicted molar refractivity (Wildman–Crippen MR) is 66.4 cm³/mol. The molecule has 78 valence electrons. The smallest absolute Gasteiger partial charge is 0.282 e. The quantitative estimate of drug-likeness (QED) is 0.439. The number of halogens is 3. The number of rotatable bonds is 1. The largest absolute Gasteiger partial charge is 0.295 e. The van der Waals surface area contributed by atoms with Crippen molar-refractivity contribution >= 4 is 60.2 Å². The van der Waals surface area contributed by atoms with Crippen LogP contribution in [0.2, 0.25) is 5.02 Å². The van der Waals surface area contributed by atoms with Gasteiger partial charge in [0.2, 0.25) is 0 Å². The molecule has 3 nitrogen and oxygen atoms in total. The van der Waals surface area contributed by atoms with Gasteiger partial charge in [-0.1, -0.05) is 11.6 Å². The fraction of sp³-hybridized carbons (Fsp3) is 0.143. The molecule has 1 aromatic carbocycles. The zero-order chi connectivity index (χ0) is 11.1. The monoisotopic (exact) mass is 410 g/mol. The second-order valence-electron chi connectivity index (χ2n) is 2.58. The summed E-state index contributed by atoms with van der Waals surface area (Å²) >= 11 is 10.8. The maximum atomic E-state index is 10.9. The van der Waals surface area contributed by atoms with Gasteiger partial charge in [-0.3, -0.25) is 4.55 Å². The lowest BCUT2D eigenvalue weighted by Gasteiger charge is -2.07. The molecule has 0 aromatic heterocycles. The lowest BCUT2D eigenvalue weighted by Crippen LogP contribution is -2.02. The van der Waals surface area contributed by atoms with E-state index in [-0.39, 0.29) is 4.90 Å². The molecule has 1 rings (SSSR count). The van der Waals surface area contributed by atoms with E-state index in [1.165, 1.54) is 6.07 Å². The Hall–Kier alpha value is 0.630. The average Bonchev–Trinajstić information content (AvgIpc) is 2.06. The SMILES string of the molecule is Cc1c(Cl)cc(S(=O)(=O)O)c(I)c1Br. The molecular formula is C7H5BrClIO3S. The second kappa shape index (κ2) is 4.25. The van der Waals surface area contributed by atoms with Gasteiger partial charge in [0.05, 0.1) is 0 Å². The van der Waals surface area contributed by atoms with Crippen molar-refractivity contribution in [3.63, 3.8) is 0 Å². The van der Waals surface area contributed by atoms with E-state index < -0.39 is 10.1 Å². The summed E-state index contributed by atoms with van der Waals surface area (Å²) in [5, 5.41) is 0.296. The highest BCUT2D eigenvalue weighted by Gasteiger charge is 2.19. The van der Waals surface area contributed by atoms with Crippen molar-refractivity contribution in [2.45, 2.75) is 11.8 Å². The van der Waals surface area contributed by atoms with Crippen LogP contribution in [-0.4, -0.2) is 13.0 Å². The van der Waals surface area contributed by atoms with E-state index in [2.05, 4.69) is 15.9 Å². The molecule has 0 bridgehead atoms. The zero-order valence-electron chi connectivity index (χ0n) is 6.88. The predicted octanol–water partition coefficient (Wildman–Crippen LogP) is 3.26. The zero-order valence-corrected chi connectivity index (χ0v) is 12.2. The molecule has 0 spiro atoms. The van der Waals surface area contributed by atoms with Gasteiger partial charge in [0, 0.05) is 13.1 Å². The highest BCUT2D eigenvalue weighted by molar-refractivity contribution is 14.1. The minimum Gasteiger partial charge on any atom is -0.282 e. The second-order valence-corrected chi connectivity index (χ2v) is 6.25. The maximum Gasteiger partial charge on any atom is 0.295 e. The standard InChI is InChI=1S/C7H5BrClIO3S/c1-3-4(9)2-5(14(11,12)13)7(10)6(3)8/h2H,1H3,(H,11,12,13). The number of hydrogen-bond donors (Lipinski definition) is 1. The van der Waals surface area contributed by atoms with Crippen LogP contribution in [0.25, 0.3) is 0 Å². The van der Waals surface area contributed by atoms with Crippen molar-refractivity contribution in [2.75, 3.05) is 0 Å². The van der Waals surface area contributed by atoms with E-state index in [1.807, 2.05) is 22.6 Å². The van der Waals surface area contributed by atoms with Crippen molar-refractivity contribution in [1.82, 2.24) is 0 Å². The summed E-state index contributed by atoms with van der Waals surface area (Å²) in [7, 11) is -4.22. The first-order chi connectivity index (χ1) is 6.25. The van der Waals surface area contributed by atoms with Crippen LogP contribution < -0.4 is 0 Å². The first-order valence-electron chi connectivity index (χ1n) is 3.36. The summed E-state index contributed by atoms with van der Waals surface area (Å²) in [6, 6.07) is 1.23. The maximum absolute atomic E-state index is 10.9. The molecule has 0 amide bonds. The summed E-state index contributed by atoms with van der Waals surface area (Å²) in [5.41, 5.74) is 0.739. The molecule has 0 saturated heterocycles. The first-order valence-corrected chi connectivity index (χ1v) is 7.05. The van der Waals surface area contributed by atoms with Gasteiger partial charge in [-0.2, -0.15) is 8.42 Å². The highest BCUT2D eigenvalue weighted by atomic mass is 127. The molecule has 0 unspecified atom stereocenters. The lowest BCUT2D eigenvalue weighted by atomic mass is 10.2. The minimum atomic E-state index is -4.22. The molecule has 0 heterocycles. The van der Waals surface area contributed by atoms with Crippen LogP contribution in [0.1, 0.15) is 5.56 Å². The fourth-order valence-corrected chi connectivity index (χ4v) is 3.78. The van der Waals surface area contributed by atoms with E-state index >= 15 is 0 Å². The molecule has 14 heavy (non-hydrogen) atoms. The molecule has 1 aromatic rings. The molecule has 1 N–H and O–H groups in total. The van der Waals surface area contributed by atoms with E-state index in [1.54, 1.807) is 6.92 Å². The summed E-state index contributed by atoms with van der Waals surface area (Å²) in [6.45, 7) is 1.75. The molecule has 0 aliphatic rings. The summed E-state index contributed by atoms with van der Waals surface area (Å²) in [4.78, 5) is -0.180. The van der Waals surface area contributed by atoms with Gasteiger partial charge < -0.3 is 0 Å². The Balaban J connectivity index is 3.66. The van der Waals surface area contributed by atoms with Crippen LogP contribution in [-0.2, 0) is 10.1 Å². The van der Waals surface area contributed by atoms with Crippen LogP contribution in [0.3, 0.4) is 0 Å². The van der Waals surface area contributed by atoms with Crippen molar-refractivity contribution in [3.8, 4) is 0 Å². The Morgan fingerprint density at radius 1 is 1.57 bits per heavy atom. The fourth-order valence-electron chi connectivity index (χ4n) is 0.852. The molecule has 0 atom stereocenters. The van der Waals surface area contributed by atoms with Crippen molar-refractivity contribution in [3.05, 3.63) is 24.7 Å². The van der Waals surface area contributed by atoms with Crippen LogP contribution in [0.4, 0.5) is 0 Å². The van der Waals surface area contributed by atoms with Crippen molar-refractivity contribution in [1.29, 1.82) is 0 Å². The third kappa shape index (κ3) is 2.41. The summed E-state index contributed by atoms with van der Waals surface area (Å²) < 4.78 is 31.8. The van der Waals surface area contributed by atoms with Gasteiger partial charge in [0.15, 0.2) is 0 Å². The first kappa shape index (κ1) is 12.7. The van der Waals surface area contributed by atoms with E-state index in [0.717, 1.165) is 5.56 Å². The van der Waals surface area contributed by atoms with Gasteiger partial charge in [-0.25, -0.2) is 0 Å². The average molecular weight is 411 g/mol. The molecule has 0 aliphatic carbocycles. The molecular weight excluding hydrogens is 406 g/mol. The Bertz CT molecular complexity index is 486. The van der Waals surface area contributed by atoms with Gasteiger partial charge >= 0.3 is 0 Å². The van der Waals surface area contributed by atoms with Crippen LogP contribution in [0.15, 0.2) is 15.4 Å². The Morgan fingerprint density at radius 3 is 2.50 bits per heavy atom. The van der Waals surface area contributed by atoms with Gasteiger partial charge in [-0.15, -0.1) is 0 Å². The Kier molecular flexibility index (Phi) is 3.85. The molecule has 7 heteroatoms. The van der Waals surface area contributed by atoms with Crippen LogP contribution >= 0.6 is 50.1 Å². The third-order valence-electron chi connectivity index (χ3n) is 1.63. The van der Waals surface area contributed by atoms with Crippen LogP contribution in [0, 0.1) is 10.5 Å². The van der Waals surface area contributed by atoms with Gasteiger partial charge in [-0.05, 0) is 57.1 Å². The normalized spacial score (nSPS) is 11.8. The highest BCUT2D eigenvalue weighted by Crippen LogP contribution is 2.33. The topological polar surface area (TPSA) is 54.4 Å². The molecule has 0 radical (unpaired) electrons. The Labute approximate surface area is 109 Å². The van der Waals surface area contributed by atoms with Crippen LogP contribution in [0.5, 0.6) is 0 Å². The lowest BCUT2D eigenvalue weighted by molar-refractivity contribution is 0.482. The molecule has 0 fully saturated rings. The van der Waals surface area contributed by atoms with E-state index in [4.69, 9.17) is 16.2 Å². The Morgan fingerprint density at radius 2 is 2.07 bits per heavy atom. The summed E-state index contributed by atoms with van der Waals surface area (Å²) in [6.07, 6.45) is 0. The minimum absolute atomic E-state index is 0.180. The number of hydrogen-bond acceptors (Lipinski definition) is 2. The van der Waals surface area contributed by atoms with E-state index in [9.17, 15) is 8.42 Å². The van der Waals surface area contributed by atoms with Gasteiger partial charge in [0.1, 0.15) is 4.90 Å². The molecule has 0 saturated carbocycles. The van der Waals surface area contributed by atoms with Crippen molar-refractivity contribution < 1.29 is 13.0 Å². The summed E-state index contributed by atoms with van der Waals surface area (Å²) in [5.74, 6) is 0. The number of benzene rings is 1.